The predicted molar refractivity (Wildman–Crippen MR) is 87.4 cm³/mol. The summed E-state index contributed by atoms with van der Waals surface area (Å²) >= 11 is 1.50. The van der Waals surface area contributed by atoms with Crippen molar-refractivity contribution in [2.45, 2.75) is 25.4 Å². The van der Waals surface area contributed by atoms with Crippen LogP contribution < -0.4 is 10.6 Å². The first kappa shape index (κ1) is 15.0. The molecule has 0 aliphatic carbocycles. The van der Waals surface area contributed by atoms with Gasteiger partial charge in [-0.3, -0.25) is 5.32 Å². The van der Waals surface area contributed by atoms with Crippen LogP contribution in [0.1, 0.15) is 23.3 Å². The number of amides is 2. The van der Waals surface area contributed by atoms with Crippen LogP contribution in [0.15, 0.2) is 36.5 Å². The topological polar surface area (TPSA) is 63.2 Å². The molecule has 1 atom stereocenters. The summed E-state index contributed by atoms with van der Waals surface area (Å²) in [5.41, 5.74) is 1.24. The molecule has 1 aliphatic heterocycles. The van der Waals surface area contributed by atoms with Crippen molar-refractivity contribution in [3.8, 4) is 0 Å². The molecule has 3 rings (SSSR count). The van der Waals surface area contributed by atoms with E-state index in [0.717, 1.165) is 30.7 Å². The first-order chi connectivity index (χ1) is 10.8. The van der Waals surface area contributed by atoms with Crippen molar-refractivity contribution in [1.29, 1.82) is 0 Å². The van der Waals surface area contributed by atoms with E-state index in [2.05, 4.69) is 27.8 Å². The van der Waals surface area contributed by atoms with Gasteiger partial charge < -0.3 is 10.1 Å². The highest BCUT2D eigenvalue weighted by atomic mass is 32.1. The van der Waals surface area contributed by atoms with Gasteiger partial charge in [-0.1, -0.05) is 30.3 Å². The Kier molecular flexibility index (Phi) is 5.03. The second-order valence-corrected chi connectivity index (χ2v) is 6.38. The minimum Gasteiger partial charge on any atom is -0.376 e. The first-order valence-electron chi connectivity index (χ1n) is 7.45. The van der Waals surface area contributed by atoms with Gasteiger partial charge >= 0.3 is 6.03 Å². The van der Waals surface area contributed by atoms with E-state index in [1.165, 1.54) is 16.9 Å². The van der Waals surface area contributed by atoms with Crippen LogP contribution in [0.25, 0.3) is 0 Å². The third kappa shape index (κ3) is 4.29. The average Bonchev–Trinajstić information content (AvgIpc) is 3.18. The van der Waals surface area contributed by atoms with Crippen LogP contribution in [0.3, 0.4) is 0 Å². The number of nitrogens with one attached hydrogen (secondary N) is 2. The lowest BCUT2D eigenvalue weighted by molar-refractivity contribution is 0.112. The third-order valence-electron chi connectivity index (χ3n) is 3.51. The van der Waals surface area contributed by atoms with Gasteiger partial charge in [-0.25, -0.2) is 9.78 Å². The van der Waals surface area contributed by atoms with Gasteiger partial charge in [0.05, 0.1) is 6.10 Å². The van der Waals surface area contributed by atoms with Gasteiger partial charge in [0.25, 0.3) is 0 Å². The van der Waals surface area contributed by atoms with E-state index in [1.807, 2.05) is 24.4 Å². The van der Waals surface area contributed by atoms with Crippen molar-refractivity contribution >= 4 is 22.5 Å². The molecule has 1 aromatic carbocycles. The summed E-state index contributed by atoms with van der Waals surface area (Å²) in [4.78, 5) is 17.2. The molecule has 6 heteroatoms. The van der Waals surface area contributed by atoms with Crippen LogP contribution in [-0.4, -0.2) is 30.3 Å². The van der Waals surface area contributed by atoms with E-state index in [0.29, 0.717) is 11.7 Å². The smallest absolute Gasteiger partial charge is 0.321 e. The monoisotopic (exact) mass is 317 g/mol. The van der Waals surface area contributed by atoms with Gasteiger partial charge in [0.15, 0.2) is 5.13 Å². The molecule has 2 amide bonds. The summed E-state index contributed by atoms with van der Waals surface area (Å²) in [6, 6.07) is 9.99. The number of anilines is 1. The molecule has 22 heavy (non-hydrogen) atoms. The highest BCUT2D eigenvalue weighted by Crippen LogP contribution is 2.21. The van der Waals surface area contributed by atoms with E-state index >= 15 is 0 Å². The van der Waals surface area contributed by atoms with E-state index in [9.17, 15) is 4.79 Å². The lowest BCUT2D eigenvalue weighted by atomic mass is 10.1. The zero-order valence-corrected chi connectivity index (χ0v) is 13.1. The predicted octanol–water partition coefficient (Wildman–Crippen LogP) is 3.03. The number of hydrogen-bond donors (Lipinski definition) is 2. The number of carbonyl (C=O) groups excluding carboxylic acids is 1. The summed E-state index contributed by atoms with van der Waals surface area (Å²) in [5, 5.41) is 6.22. The van der Waals surface area contributed by atoms with Gasteiger partial charge in [-0.15, -0.1) is 11.3 Å². The number of nitrogens with zero attached hydrogens (tertiary/aromatic N) is 1. The number of ether oxygens (including phenoxy) is 1. The van der Waals surface area contributed by atoms with Gasteiger partial charge in [0.1, 0.15) is 0 Å². The SMILES string of the molecule is O=C(NC[C@H]1CCCO1)Nc1ncc(Cc2ccccc2)s1. The van der Waals surface area contributed by atoms with E-state index in [4.69, 9.17) is 4.74 Å². The number of benzene rings is 1. The van der Waals surface area contributed by atoms with Crippen molar-refractivity contribution < 1.29 is 9.53 Å². The fraction of sp³-hybridized carbons (Fsp3) is 0.375. The molecule has 0 unspecified atom stereocenters. The molecule has 2 N–H and O–H groups in total. The normalized spacial score (nSPS) is 17.4. The maximum Gasteiger partial charge on any atom is 0.321 e. The number of aromatic nitrogens is 1. The molecule has 116 valence electrons. The van der Waals surface area contributed by atoms with Crippen LogP contribution in [0, 0.1) is 0 Å². The second-order valence-electron chi connectivity index (χ2n) is 5.26. The number of thiazole rings is 1. The molecule has 1 aromatic heterocycles. The maximum absolute atomic E-state index is 11.8. The van der Waals surface area contributed by atoms with Crippen molar-refractivity contribution in [2.24, 2.45) is 0 Å². The third-order valence-corrected chi connectivity index (χ3v) is 4.42. The highest BCUT2D eigenvalue weighted by Gasteiger charge is 2.16. The van der Waals surface area contributed by atoms with E-state index in [-0.39, 0.29) is 12.1 Å². The number of hydrogen-bond acceptors (Lipinski definition) is 4. The highest BCUT2D eigenvalue weighted by molar-refractivity contribution is 7.15. The van der Waals surface area contributed by atoms with Crippen molar-refractivity contribution in [3.05, 3.63) is 47.0 Å². The van der Waals surface area contributed by atoms with Crippen LogP contribution >= 0.6 is 11.3 Å². The summed E-state index contributed by atoms with van der Waals surface area (Å²) in [6.07, 6.45) is 4.88. The van der Waals surface area contributed by atoms with Gasteiger partial charge in [-0.2, -0.15) is 0 Å². The van der Waals surface area contributed by atoms with E-state index < -0.39 is 0 Å². The van der Waals surface area contributed by atoms with Crippen LogP contribution in [0.4, 0.5) is 9.93 Å². The fourth-order valence-electron chi connectivity index (χ4n) is 2.40. The molecule has 2 aromatic rings. The van der Waals surface area contributed by atoms with Gasteiger partial charge in [-0.05, 0) is 18.4 Å². The molecule has 0 radical (unpaired) electrons. The maximum atomic E-state index is 11.8. The quantitative estimate of drug-likeness (QED) is 0.891. The molecule has 0 bridgehead atoms. The van der Waals surface area contributed by atoms with Crippen LogP contribution in [0.2, 0.25) is 0 Å². The zero-order chi connectivity index (χ0) is 15.2. The Morgan fingerprint density at radius 1 is 1.36 bits per heavy atom. The Bertz CT molecular complexity index is 609. The minimum atomic E-state index is -0.226. The standard InChI is InChI=1S/C16H19N3O2S/c20-15(17-10-13-7-4-8-21-13)19-16-18-11-14(22-16)9-12-5-2-1-3-6-12/h1-3,5-6,11,13H,4,7-10H2,(H2,17,18,19,20)/t13-/m1/s1. The average molecular weight is 317 g/mol. The molecule has 1 saturated heterocycles. The zero-order valence-electron chi connectivity index (χ0n) is 12.2. The Hall–Kier alpha value is -1.92. The molecular formula is C16H19N3O2S. The lowest BCUT2D eigenvalue weighted by Crippen LogP contribution is -2.34. The van der Waals surface area contributed by atoms with Gasteiger partial charge in [0, 0.05) is 30.6 Å². The Balaban J connectivity index is 1.47. The minimum absolute atomic E-state index is 0.149. The number of rotatable bonds is 5. The summed E-state index contributed by atoms with van der Waals surface area (Å²) < 4.78 is 5.47. The summed E-state index contributed by atoms with van der Waals surface area (Å²) in [7, 11) is 0. The van der Waals surface area contributed by atoms with Gasteiger partial charge in [0.2, 0.25) is 0 Å². The van der Waals surface area contributed by atoms with Crippen LogP contribution in [-0.2, 0) is 11.2 Å². The number of carbonyl (C=O) groups is 1. The first-order valence-corrected chi connectivity index (χ1v) is 8.26. The molecule has 0 saturated carbocycles. The van der Waals surface area contributed by atoms with Crippen molar-refractivity contribution in [3.63, 3.8) is 0 Å². The molecule has 0 spiro atoms. The lowest BCUT2D eigenvalue weighted by Gasteiger charge is -2.10. The van der Waals surface area contributed by atoms with Crippen molar-refractivity contribution in [2.75, 3.05) is 18.5 Å². The fourth-order valence-corrected chi connectivity index (χ4v) is 3.24. The molecule has 1 aliphatic rings. The molecule has 5 nitrogen and oxygen atoms in total. The molecular weight excluding hydrogens is 298 g/mol. The second kappa shape index (κ2) is 7.38. The number of urea groups is 1. The largest absolute Gasteiger partial charge is 0.376 e. The van der Waals surface area contributed by atoms with E-state index in [1.54, 1.807) is 0 Å². The van der Waals surface area contributed by atoms with Crippen LogP contribution in [0.5, 0.6) is 0 Å². The molecule has 2 heterocycles. The Morgan fingerprint density at radius 3 is 3.00 bits per heavy atom. The van der Waals surface area contributed by atoms with Crippen molar-refractivity contribution in [1.82, 2.24) is 10.3 Å². The molecule has 1 fully saturated rings. The summed E-state index contributed by atoms with van der Waals surface area (Å²) in [6.45, 7) is 1.34. The summed E-state index contributed by atoms with van der Waals surface area (Å²) in [5.74, 6) is 0. The Labute approximate surface area is 133 Å². The Morgan fingerprint density at radius 2 is 2.23 bits per heavy atom.